The zero-order valence-electron chi connectivity index (χ0n) is 8.89. The SMILES string of the molecule is O[C@H]1C2CC3CC(C2)C2(OCCO2)C1C3. The second kappa shape index (κ2) is 2.76. The first-order valence-corrected chi connectivity index (χ1v) is 6.25. The van der Waals surface area contributed by atoms with Gasteiger partial charge in [0.1, 0.15) is 0 Å². The summed E-state index contributed by atoms with van der Waals surface area (Å²) in [5.74, 6) is 1.81. The molecule has 0 aromatic heterocycles. The van der Waals surface area contributed by atoms with Crippen LogP contribution in [0.15, 0.2) is 0 Å². The maximum Gasteiger partial charge on any atom is 0.176 e. The standard InChI is InChI=1S/C12H18O3/c13-11-8-3-7-4-9(6-8)12(10(11)5-7)14-1-2-15-12/h7-11,13H,1-6H2/t7?,8?,9?,10?,11-/m0/s1. The Balaban J connectivity index is 1.76. The van der Waals surface area contributed by atoms with E-state index in [4.69, 9.17) is 9.47 Å². The molecule has 0 radical (unpaired) electrons. The molecule has 4 unspecified atom stereocenters. The van der Waals surface area contributed by atoms with Crippen molar-refractivity contribution in [2.24, 2.45) is 23.7 Å². The molecular formula is C12H18O3. The molecule has 3 nitrogen and oxygen atoms in total. The molecule has 4 aliphatic carbocycles. The lowest BCUT2D eigenvalue weighted by Crippen LogP contribution is -2.64. The second-order valence-corrected chi connectivity index (χ2v) is 5.78. The smallest absolute Gasteiger partial charge is 0.176 e. The van der Waals surface area contributed by atoms with Gasteiger partial charge in [0.25, 0.3) is 0 Å². The minimum absolute atomic E-state index is 0.170. The van der Waals surface area contributed by atoms with Gasteiger partial charge in [-0.1, -0.05) is 0 Å². The molecule has 84 valence electrons. The van der Waals surface area contributed by atoms with E-state index in [1.807, 2.05) is 0 Å². The lowest BCUT2D eigenvalue weighted by Gasteiger charge is -2.60. The van der Waals surface area contributed by atoms with E-state index in [2.05, 4.69) is 0 Å². The van der Waals surface area contributed by atoms with Gasteiger partial charge in [0.15, 0.2) is 5.79 Å². The summed E-state index contributed by atoms with van der Waals surface area (Å²) in [6.45, 7) is 1.43. The van der Waals surface area contributed by atoms with Gasteiger partial charge in [0.2, 0.25) is 0 Å². The maximum atomic E-state index is 10.3. The zero-order chi connectivity index (χ0) is 10.0. The van der Waals surface area contributed by atoms with Crippen LogP contribution < -0.4 is 0 Å². The topological polar surface area (TPSA) is 38.7 Å². The Bertz CT molecular complexity index is 285. The quantitative estimate of drug-likeness (QED) is 0.652. The molecule has 0 amide bonds. The Morgan fingerprint density at radius 1 is 1.00 bits per heavy atom. The van der Waals surface area contributed by atoms with Crippen molar-refractivity contribution in [3.05, 3.63) is 0 Å². The molecule has 1 saturated heterocycles. The lowest BCUT2D eigenvalue weighted by molar-refractivity contribution is -0.314. The Morgan fingerprint density at radius 3 is 2.60 bits per heavy atom. The van der Waals surface area contributed by atoms with Crippen molar-refractivity contribution in [3.63, 3.8) is 0 Å². The molecule has 4 bridgehead atoms. The van der Waals surface area contributed by atoms with Gasteiger partial charge in [0, 0.05) is 11.8 Å². The van der Waals surface area contributed by atoms with Crippen LogP contribution >= 0.6 is 0 Å². The van der Waals surface area contributed by atoms with Crippen LogP contribution in [0.5, 0.6) is 0 Å². The lowest BCUT2D eigenvalue weighted by atomic mass is 9.52. The van der Waals surface area contributed by atoms with Crippen molar-refractivity contribution < 1.29 is 14.6 Å². The Morgan fingerprint density at radius 2 is 1.80 bits per heavy atom. The summed E-state index contributed by atoms with van der Waals surface area (Å²) in [7, 11) is 0. The van der Waals surface area contributed by atoms with Crippen LogP contribution in [0.3, 0.4) is 0 Å². The summed E-state index contributed by atoms with van der Waals surface area (Å²) < 4.78 is 11.8. The minimum Gasteiger partial charge on any atom is -0.392 e. The van der Waals surface area contributed by atoms with E-state index in [9.17, 15) is 5.11 Å². The van der Waals surface area contributed by atoms with Crippen molar-refractivity contribution in [1.82, 2.24) is 0 Å². The van der Waals surface area contributed by atoms with Crippen LogP contribution in [0.25, 0.3) is 0 Å². The third-order valence-electron chi connectivity index (χ3n) is 5.15. The third kappa shape index (κ3) is 0.973. The fourth-order valence-electron chi connectivity index (χ4n) is 4.71. The molecule has 5 fully saturated rings. The zero-order valence-corrected chi connectivity index (χ0v) is 8.89. The molecule has 1 N–H and O–H groups in total. The van der Waals surface area contributed by atoms with E-state index in [1.165, 1.54) is 12.8 Å². The first-order chi connectivity index (χ1) is 7.29. The van der Waals surface area contributed by atoms with Gasteiger partial charge in [-0.15, -0.1) is 0 Å². The highest BCUT2D eigenvalue weighted by Gasteiger charge is 2.64. The minimum atomic E-state index is -0.382. The van der Waals surface area contributed by atoms with Crippen molar-refractivity contribution in [2.45, 2.75) is 37.6 Å². The number of aliphatic hydroxyl groups excluding tert-OH is 1. The normalized spacial score (nSPS) is 55.4. The molecule has 4 saturated carbocycles. The molecule has 15 heavy (non-hydrogen) atoms. The first kappa shape index (κ1) is 8.97. The van der Waals surface area contributed by atoms with Gasteiger partial charge < -0.3 is 14.6 Å². The fraction of sp³-hybridized carbons (Fsp3) is 1.00. The average Bonchev–Trinajstić information content (AvgIpc) is 2.71. The van der Waals surface area contributed by atoms with Crippen molar-refractivity contribution in [3.8, 4) is 0 Å². The van der Waals surface area contributed by atoms with Crippen molar-refractivity contribution >= 4 is 0 Å². The Hall–Kier alpha value is -0.120. The summed E-state index contributed by atoms with van der Waals surface area (Å²) in [5, 5.41) is 10.3. The maximum absolute atomic E-state index is 10.3. The Labute approximate surface area is 89.8 Å². The van der Waals surface area contributed by atoms with Crippen LogP contribution in [-0.2, 0) is 9.47 Å². The highest BCUT2D eigenvalue weighted by Crippen LogP contribution is 2.60. The van der Waals surface area contributed by atoms with E-state index in [1.54, 1.807) is 0 Å². The predicted molar refractivity (Wildman–Crippen MR) is 53.1 cm³/mol. The summed E-state index contributed by atoms with van der Waals surface area (Å²) in [4.78, 5) is 0. The summed E-state index contributed by atoms with van der Waals surface area (Å²) in [6.07, 6.45) is 4.57. The van der Waals surface area contributed by atoms with E-state index in [0.717, 1.165) is 32.0 Å². The van der Waals surface area contributed by atoms with Gasteiger partial charge in [0.05, 0.1) is 19.3 Å². The van der Waals surface area contributed by atoms with Gasteiger partial charge in [-0.05, 0) is 37.5 Å². The molecule has 0 aromatic rings. The summed E-state index contributed by atoms with van der Waals surface area (Å²) in [5.41, 5.74) is 0. The monoisotopic (exact) mass is 210 g/mol. The molecular weight excluding hydrogens is 192 g/mol. The predicted octanol–water partition coefficient (Wildman–Crippen LogP) is 1.16. The highest BCUT2D eigenvalue weighted by molar-refractivity contribution is 5.08. The molecule has 1 heterocycles. The van der Waals surface area contributed by atoms with Crippen LogP contribution in [0.1, 0.15) is 25.7 Å². The number of hydrogen-bond donors (Lipinski definition) is 1. The number of ether oxygens (including phenoxy) is 2. The van der Waals surface area contributed by atoms with Gasteiger partial charge >= 0.3 is 0 Å². The molecule has 1 spiro atoms. The van der Waals surface area contributed by atoms with E-state index >= 15 is 0 Å². The van der Waals surface area contributed by atoms with Crippen LogP contribution in [0, 0.1) is 23.7 Å². The first-order valence-electron chi connectivity index (χ1n) is 6.25. The van der Waals surface area contributed by atoms with Crippen molar-refractivity contribution in [1.29, 1.82) is 0 Å². The summed E-state index contributed by atoms with van der Waals surface area (Å²) in [6, 6.07) is 0. The molecule has 5 atom stereocenters. The second-order valence-electron chi connectivity index (χ2n) is 5.78. The average molecular weight is 210 g/mol. The Kier molecular flexibility index (Phi) is 1.65. The largest absolute Gasteiger partial charge is 0.392 e. The van der Waals surface area contributed by atoms with Crippen LogP contribution in [-0.4, -0.2) is 30.2 Å². The third-order valence-corrected chi connectivity index (χ3v) is 5.15. The molecule has 5 rings (SSSR count). The summed E-state index contributed by atoms with van der Waals surface area (Å²) >= 11 is 0. The highest BCUT2D eigenvalue weighted by atomic mass is 16.7. The van der Waals surface area contributed by atoms with Crippen LogP contribution in [0.2, 0.25) is 0 Å². The van der Waals surface area contributed by atoms with Crippen molar-refractivity contribution in [2.75, 3.05) is 13.2 Å². The molecule has 1 aliphatic heterocycles. The van der Waals surface area contributed by atoms with E-state index in [0.29, 0.717) is 11.8 Å². The van der Waals surface area contributed by atoms with E-state index in [-0.39, 0.29) is 17.8 Å². The molecule has 0 aromatic carbocycles. The molecule has 5 aliphatic rings. The number of aliphatic hydroxyl groups is 1. The van der Waals surface area contributed by atoms with Gasteiger partial charge in [-0.2, -0.15) is 0 Å². The number of rotatable bonds is 0. The van der Waals surface area contributed by atoms with Gasteiger partial charge in [-0.3, -0.25) is 0 Å². The van der Waals surface area contributed by atoms with E-state index < -0.39 is 0 Å². The van der Waals surface area contributed by atoms with Gasteiger partial charge in [-0.25, -0.2) is 0 Å². The fourth-order valence-corrected chi connectivity index (χ4v) is 4.71. The number of hydrogen-bond acceptors (Lipinski definition) is 3. The van der Waals surface area contributed by atoms with Crippen LogP contribution in [0.4, 0.5) is 0 Å². The molecule has 3 heteroatoms.